The number of carbonyl (C=O) groups excluding carboxylic acids is 2. The van der Waals surface area contributed by atoms with Crippen LogP contribution in [0, 0.1) is 0 Å². The van der Waals surface area contributed by atoms with Crippen molar-refractivity contribution in [3.8, 4) is 0 Å². The molecule has 138 valence electrons. The highest BCUT2D eigenvalue weighted by Gasteiger charge is 2.38. The van der Waals surface area contributed by atoms with Gasteiger partial charge in [0, 0.05) is 0 Å². The summed E-state index contributed by atoms with van der Waals surface area (Å²) in [5, 5.41) is 9.81. The van der Waals surface area contributed by atoms with E-state index in [4.69, 9.17) is 4.43 Å². The van der Waals surface area contributed by atoms with Crippen molar-refractivity contribution >= 4 is 31.5 Å². The summed E-state index contributed by atoms with van der Waals surface area (Å²) in [6.45, 7) is 11.5. The Morgan fingerprint density at radius 3 is 2.12 bits per heavy atom. The first kappa shape index (κ1) is 18.9. The lowest BCUT2D eigenvalue weighted by Gasteiger charge is -2.35. The number of fused-ring (bicyclic) bond motifs is 1. The fraction of sp³-hybridized carbons (Fsp3) is 0.444. The number of hydrogen-bond acceptors (Lipinski definition) is 6. The van der Waals surface area contributed by atoms with Crippen LogP contribution < -0.4 is 0 Å². The van der Waals surface area contributed by atoms with Gasteiger partial charge in [-0.25, -0.2) is 0 Å². The molecule has 0 radical (unpaired) electrons. The topological polar surface area (TPSA) is 72.4 Å². The molecule has 0 fully saturated rings. The fourth-order valence-corrected chi connectivity index (χ4v) is 4.17. The van der Waals surface area contributed by atoms with Crippen LogP contribution in [0.2, 0.25) is 18.1 Å². The van der Waals surface area contributed by atoms with Crippen LogP contribution in [-0.4, -0.2) is 35.2 Å². The Hall–Kier alpha value is -1.90. The average Bonchev–Trinajstić information content (AvgIpc) is 3.12. The Balaban J connectivity index is 1.67. The van der Waals surface area contributed by atoms with E-state index in [2.05, 4.69) is 44.1 Å². The van der Waals surface area contributed by atoms with E-state index >= 15 is 0 Å². The van der Waals surface area contributed by atoms with Gasteiger partial charge in [-0.3, -0.25) is 14.5 Å². The molecule has 0 saturated carbocycles. The molecule has 2 amide bonds. The van der Waals surface area contributed by atoms with E-state index in [-0.39, 0.29) is 23.4 Å². The lowest BCUT2D eigenvalue weighted by molar-refractivity contribution is 0.0642. The molecule has 0 aliphatic carbocycles. The molecular weight excluding hydrogens is 366 g/mol. The molecule has 0 bridgehead atoms. The second-order valence-corrected chi connectivity index (χ2v) is 13.8. The van der Waals surface area contributed by atoms with Gasteiger partial charge in [0.2, 0.25) is 0 Å². The van der Waals surface area contributed by atoms with E-state index in [0.717, 1.165) is 5.01 Å². The van der Waals surface area contributed by atoms with Crippen molar-refractivity contribution in [2.45, 2.75) is 52.1 Å². The molecule has 0 unspecified atom stereocenters. The van der Waals surface area contributed by atoms with Crippen LogP contribution in [0.15, 0.2) is 24.3 Å². The van der Waals surface area contributed by atoms with Crippen molar-refractivity contribution in [3.05, 3.63) is 45.4 Å². The molecule has 1 aromatic heterocycles. The molecule has 6 nitrogen and oxygen atoms in total. The second kappa shape index (κ2) is 6.68. The highest BCUT2D eigenvalue weighted by molar-refractivity contribution is 7.11. The number of carbonyl (C=O) groups is 2. The van der Waals surface area contributed by atoms with Gasteiger partial charge in [-0.1, -0.05) is 44.2 Å². The van der Waals surface area contributed by atoms with Crippen LogP contribution in [0.5, 0.6) is 0 Å². The maximum absolute atomic E-state index is 12.4. The first-order valence-corrected chi connectivity index (χ1v) is 12.2. The minimum Gasteiger partial charge on any atom is -0.410 e. The highest BCUT2D eigenvalue weighted by atomic mass is 32.1. The first-order valence-electron chi connectivity index (χ1n) is 8.50. The summed E-state index contributed by atoms with van der Waals surface area (Å²) in [5.41, 5.74) is 0.895. The third kappa shape index (κ3) is 3.49. The molecule has 26 heavy (non-hydrogen) atoms. The van der Waals surface area contributed by atoms with Crippen molar-refractivity contribution in [1.82, 2.24) is 15.1 Å². The smallest absolute Gasteiger partial charge is 0.261 e. The van der Waals surface area contributed by atoms with Gasteiger partial charge in [0.1, 0.15) is 10.0 Å². The van der Waals surface area contributed by atoms with E-state index < -0.39 is 8.32 Å². The zero-order valence-electron chi connectivity index (χ0n) is 15.7. The second-order valence-electron chi connectivity index (χ2n) is 7.88. The number of hydrogen-bond donors (Lipinski definition) is 0. The minimum atomic E-state index is -1.86. The number of amides is 2. The monoisotopic (exact) mass is 389 g/mol. The summed E-state index contributed by atoms with van der Waals surface area (Å²) >= 11 is 1.38. The molecule has 0 saturated heterocycles. The third-order valence-corrected chi connectivity index (χ3v) is 10.4. The molecule has 2 aromatic rings. The van der Waals surface area contributed by atoms with Crippen LogP contribution in [0.25, 0.3) is 0 Å². The van der Waals surface area contributed by atoms with E-state index in [0.29, 0.717) is 22.7 Å². The molecule has 2 heterocycles. The zero-order valence-corrected chi connectivity index (χ0v) is 17.5. The van der Waals surface area contributed by atoms with Crippen LogP contribution in [-0.2, 0) is 17.6 Å². The Morgan fingerprint density at radius 1 is 1.04 bits per heavy atom. The molecule has 0 atom stereocenters. The molecule has 0 N–H and O–H groups in total. The SMILES string of the molecule is CC(C)(C)[Si](C)(C)OCc1nnc(CN2C(=O)c3ccccc3C2=O)s1. The number of imide groups is 1. The maximum atomic E-state index is 12.4. The summed E-state index contributed by atoms with van der Waals surface area (Å²) in [7, 11) is -1.86. The Bertz CT molecular complexity index is 822. The standard InChI is InChI=1S/C18H23N3O3SSi/c1-18(2,3)26(4,5)24-11-15-20-19-14(25-15)10-21-16(22)12-8-6-7-9-13(12)17(21)23/h6-9H,10-11H2,1-5H3. The summed E-state index contributed by atoms with van der Waals surface area (Å²) in [6.07, 6.45) is 0. The summed E-state index contributed by atoms with van der Waals surface area (Å²) < 4.78 is 6.16. The van der Waals surface area contributed by atoms with E-state index in [1.54, 1.807) is 24.3 Å². The lowest BCUT2D eigenvalue weighted by atomic mass is 10.1. The Morgan fingerprint density at radius 2 is 1.58 bits per heavy atom. The van der Waals surface area contributed by atoms with Gasteiger partial charge in [-0.15, -0.1) is 10.2 Å². The number of nitrogens with zero attached hydrogens (tertiary/aromatic N) is 3. The van der Waals surface area contributed by atoms with Crippen molar-refractivity contribution in [3.63, 3.8) is 0 Å². The molecule has 1 aliphatic heterocycles. The zero-order chi connectivity index (χ0) is 19.1. The van der Waals surface area contributed by atoms with Gasteiger partial charge in [0.05, 0.1) is 24.3 Å². The summed E-state index contributed by atoms with van der Waals surface area (Å²) in [5.74, 6) is -0.556. The normalized spacial score (nSPS) is 14.9. The minimum absolute atomic E-state index is 0.126. The fourth-order valence-electron chi connectivity index (χ4n) is 2.39. The Labute approximate surface area is 158 Å². The largest absolute Gasteiger partial charge is 0.410 e. The van der Waals surface area contributed by atoms with Gasteiger partial charge in [-0.05, 0) is 30.3 Å². The van der Waals surface area contributed by atoms with E-state index in [1.807, 2.05) is 0 Å². The lowest BCUT2D eigenvalue weighted by Crippen LogP contribution is -2.40. The molecule has 1 aromatic carbocycles. The van der Waals surface area contributed by atoms with Gasteiger partial charge < -0.3 is 4.43 Å². The molecule has 0 spiro atoms. The predicted molar refractivity (Wildman–Crippen MR) is 103 cm³/mol. The van der Waals surface area contributed by atoms with Crippen molar-refractivity contribution in [2.24, 2.45) is 0 Å². The predicted octanol–water partition coefficient (Wildman–Crippen LogP) is 3.86. The maximum Gasteiger partial charge on any atom is 0.261 e. The number of rotatable bonds is 5. The number of benzene rings is 1. The highest BCUT2D eigenvalue weighted by Crippen LogP contribution is 2.37. The van der Waals surface area contributed by atoms with Crippen molar-refractivity contribution < 1.29 is 14.0 Å². The third-order valence-electron chi connectivity index (χ3n) is 5.04. The van der Waals surface area contributed by atoms with Crippen LogP contribution >= 0.6 is 11.3 Å². The van der Waals surface area contributed by atoms with E-state index in [1.165, 1.54) is 16.2 Å². The van der Waals surface area contributed by atoms with Crippen molar-refractivity contribution in [2.75, 3.05) is 0 Å². The van der Waals surface area contributed by atoms with Crippen LogP contribution in [0.3, 0.4) is 0 Å². The van der Waals surface area contributed by atoms with Gasteiger partial charge in [0.15, 0.2) is 8.32 Å². The van der Waals surface area contributed by atoms with Gasteiger partial charge in [-0.2, -0.15) is 0 Å². The van der Waals surface area contributed by atoms with Gasteiger partial charge in [0.25, 0.3) is 11.8 Å². The van der Waals surface area contributed by atoms with Crippen molar-refractivity contribution in [1.29, 1.82) is 0 Å². The Kier molecular flexibility index (Phi) is 4.85. The molecule has 8 heteroatoms. The first-order chi connectivity index (χ1) is 12.1. The quantitative estimate of drug-likeness (QED) is 0.573. The summed E-state index contributed by atoms with van der Waals surface area (Å²) in [4.78, 5) is 26.1. The van der Waals surface area contributed by atoms with Gasteiger partial charge >= 0.3 is 0 Å². The molecular formula is C18H23N3O3SSi. The van der Waals surface area contributed by atoms with Crippen LogP contribution in [0.1, 0.15) is 51.5 Å². The number of aromatic nitrogens is 2. The molecule has 3 rings (SSSR count). The van der Waals surface area contributed by atoms with Crippen LogP contribution in [0.4, 0.5) is 0 Å². The van der Waals surface area contributed by atoms with E-state index in [9.17, 15) is 9.59 Å². The average molecular weight is 390 g/mol. The molecule has 1 aliphatic rings. The summed E-state index contributed by atoms with van der Waals surface area (Å²) in [6, 6.07) is 6.87.